The Hall–Kier alpha value is -0.770. The van der Waals surface area contributed by atoms with Crippen molar-refractivity contribution in [3.05, 3.63) is 33.8 Å². The first-order valence-electron chi connectivity index (χ1n) is 7.69. The molecule has 0 radical (unpaired) electrons. The molecule has 1 aromatic rings. The lowest BCUT2D eigenvalue weighted by Gasteiger charge is -2.15. The minimum Gasteiger partial charge on any atom is -0.386 e. The van der Waals surface area contributed by atoms with Crippen molar-refractivity contribution in [1.29, 1.82) is 0 Å². The maximum absolute atomic E-state index is 11.6. The average molecular weight is 503 g/mol. The molecule has 9 heteroatoms. The first kappa shape index (κ1) is 24.2. The summed E-state index contributed by atoms with van der Waals surface area (Å²) in [6.07, 6.45) is -0.454. The van der Waals surface area contributed by atoms with E-state index in [-0.39, 0.29) is 36.4 Å². The lowest BCUT2D eigenvalue weighted by atomic mass is 10.1. The summed E-state index contributed by atoms with van der Waals surface area (Å²) >= 11 is 11.9. The maximum Gasteiger partial charge on any atom is 0.223 e. The molecule has 0 aromatic heterocycles. The van der Waals surface area contributed by atoms with Crippen LogP contribution < -0.4 is 10.6 Å². The Morgan fingerprint density at radius 2 is 1.84 bits per heavy atom. The molecule has 0 saturated heterocycles. The molecule has 1 atom stereocenters. The first-order chi connectivity index (χ1) is 11.3. The second-order valence-corrected chi connectivity index (χ2v) is 6.28. The second-order valence-electron chi connectivity index (χ2n) is 5.40. The normalized spacial score (nSPS) is 12.2. The van der Waals surface area contributed by atoms with Crippen LogP contribution in [0.2, 0.25) is 10.0 Å². The fourth-order valence-corrected chi connectivity index (χ4v) is 2.45. The Morgan fingerprint density at radius 3 is 2.36 bits per heavy atom. The van der Waals surface area contributed by atoms with Gasteiger partial charge in [0.25, 0.3) is 0 Å². The standard InChI is InChI=1S/C16H24Cl2N4O2.HI/c1-4-19-16(20-6-5-15(24)22(2)3)21-10-14(23)11-7-12(17)9-13(18)8-11;/h7-9,14,23H,4-6,10H2,1-3H3,(H2,19,20,21);1H. The van der Waals surface area contributed by atoms with Crippen LogP contribution in [0.4, 0.5) is 0 Å². The van der Waals surface area contributed by atoms with Crippen LogP contribution in [0, 0.1) is 0 Å². The zero-order valence-electron chi connectivity index (χ0n) is 14.6. The summed E-state index contributed by atoms with van der Waals surface area (Å²) in [4.78, 5) is 17.4. The number of aliphatic hydroxyl groups excluding tert-OH is 1. The molecule has 0 heterocycles. The maximum atomic E-state index is 11.6. The van der Waals surface area contributed by atoms with Gasteiger partial charge in [-0.2, -0.15) is 0 Å². The Balaban J connectivity index is 0.00000576. The van der Waals surface area contributed by atoms with Gasteiger partial charge in [-0.1, -0.05) is 23.2 Å². The van der Waals surface area contributed by atoms with Crippen molar-refractivity contribution in [1.82, 2.24) is 15.5 Å². The van der Waals surface area contributed by atoms with Gasteiger partial charge < -0.3 is 20.6 Å². The Labute approximate surface area is 176 Å². The monoisotopic (exact) mass is 502 g/mol. The molecule has 0 spiro atoms. The summed E-state index contributed by atoms with van der Waals surface area (Å²) in [5.74, 6) is 0.572. The number of carbonyl (C=O) groups excluding carboxylic acids is 1. The van der Waals surface area contributed by atoms with Crippen molar-refractivity contribution in [3.8, 4) is 0 Å². The number of nitrogens with one attached hydrogen (secondary N) is 2. The lowest BCUT2D eigenvalue weighted by molar-refractivity contribution is -0.128. The Morgan fingerprint density at radius 1 is 1.24 bits per heavy atom. The second kappa shape index (κ2) is 12.6. The number of halogens is 3. The number of hydrogen-bond acceptors (Lipinski definition) is 3. The molecule has 0 aliphatic rings. The highest BCUT2D eigenvalue weighted by Gasteiger charge is 2.10. The highest BCUT2D eigenvalue weighted by Crippen LogP contribution is 2.23. The quantitative estimate of drug-likeness (QED) is 0.304. The van der Waals surface area contributed by atoms with E-state index >= 15 is 0 Å². The van der Waals surface area contributed by atoms with E-state index < -0.39 is 6.10 Å². The van der Waals surface area contributed by atoms with Crippen LogP contribution in [-0.4, -0.2) is 55.6 Å². The summed E-state index contributed by atoms with van der Waals surface area (Å²) < 4.78 is 0. The fraction of sp³-hybridized carbons (Fsp3) is 0.500. The van der Waals surface area contributed by atoms with Crippen molar-refractivity contribution < 1.29 is 9.90 Å². The molecule has 0 bridgehead atoms. The lowest BCUT2D eigenvalue weighted by Crippen LogP contribution is -2.39. The third-order valence-electron chi connectivity index (χ3n) is 3.17. The molecular formula is C16H25Cl2IN4O2. The SMILES string of the molecule is CCNC(=NCC(O)c1cc(Cl)cc(Cl)c1)NCCC(=O)N(C)C.I. The van der Waals surface area contributed by atoms with E-state index in [0.29, 0.717) is 41.1 Å². The number of carbonyl (C=O) groups is 1. The van der Waals surface area contributed by atoms with Gasteiger partial charge in [-0.15, -0.1) is 24.0 Å². The first-order valence-corrected chi connectivity index (χ1v) is 8.45. The summed E-state index contributed by atoms with van der Waals surface area (Å²) in [5, 5.41) is 17.3. The summed E-state index contributed by atoms with van der Waals surface area (Å²) in [6.45, 7) is 3.22. The van der Waals surface area contributed by atoms with Crippen molar-refractivity contribution in [2.45, 2.75) is 19.4 Å². The van der Waals surface area contributed by atoms with Crippen molar-refractivity contribution in [2.75, 3.05) is 33.7 Å². The zero-order valence-corrected chi connectivity index (χ0v) is 18.4. The molecule has 1 amide bonds. The van der Waals surface area contributed by atoms with Gasteiger partial charge in [0.1, 0.15) is 0 Å². The van der Waals surface area contributed by atoms with Gasteiger partial charge in [-0.3, -0.25) is 9.79 Å². The predicted octanol–water partition coefficient (Wildman–Crippen LogP) is 2.68. The van der Waals surface area contributed by atoms with Gasteiger partial charge >= 0.3 is 0 Å². The van der Waals surface area contributed by atoms with Crippen LogP contribution in [-0.2, 0) is 4.79 Å². The summed E-state index contributed by atoms with van der Waals surface area (Å²) in [5.41, 5.74) is 0.606. The number of aliphatic hydroxyl groups is 1. The molecule has 0 aliphatic carbocycles. The molecule has 0 fully saturated rings. The highest BCUT2D eigenvalue weighted by atomic mass is 127. The zero-order chi connectivity index (χ0) is 18.1. The predicted molar refractivity (Wildman–Crippen MR) is 114 cm³/mol. The van der Waals surface area contributed by atoms with Crippen LogP contribution >= 0.6 is 47.2 Å². The molecular weight excluding hydrogens is 478 g/mol. The summed E-state index contributed by atoms with van der Waals surface area (Å²) in [7, 11) is 3.43. The Kier molecular flexibility index (Phi) is 12.2. The van der Waals surface area contributed by atoms with E-state index in [2.05, 4.69) is 15.6 Å². The number of rotatable bonds is 7. The third-order valence-corrected chi connectivity index (χ3v) is 3.60. The molecule has 3 N–H and O–H groups in total. The van der Waals surface area contributed by atoms with Gasteiger partial charge in [0.05, 0.1) is 12.6 Å². The van der Waals surface area contributed by atoms with E-state index in [1.165, 1.54) is 0 Å². The topological polar surface area (TPSA) is 77.0 Å². The minimum atomic E-state index is -0.819. The smallest absolute Gasteiger partial charge is 0.223 e. The number of guanidine groups is 1. The number of aliphatic imine (C=N–C) groups is 1. The highest BCUT2D eigenvalue weighted by molar-refractivity contribution is 14.0. The summed E-state index contributed by atoms with van der Waals surface area (Å²) in [6, 6.07) is 4.92. The minimum absolute atomic E-state index is 0. The number of nitrogens with zero attached hydrogens (tertiary/aromatic N) is 2. The molecule has 1 rings (SSSR count). The number of benzene rings is 1. The van der Waals surface area contributed by atoms with Crippen LogP contribution in [0.1, 0.15) is 25.0 Å². The van der Waals surface area contributed by atoms with E-state index in [4.69, 9.17) is 23.2 Å². The molecule has 0 saturated carbocycles. The van der Waals surface area contributed by atoms with E-state index in [9.17, 15) is 9.90 Å². The van der Waals surface area contributed by atoms with Crippen molar-refractivity contribution >= 4 is 59.0 Å². The van der Waals surface area contributed by atoms with Crippen LogP contribution in [0.3, 0.4) is 0 Å². The van der Waals surface area contributed by atoms with E-state index in [0.717, 1.165) is 0 Å². The van der Waals surface area contributed by atoms with Crippen LogP contribution in [0.25, 0.3) is 0 Å². The van der Waals surface area contributed by atoms with Gasteiger partial charge in [0.15, 0.2) is 5.96 Å². The van der Waals surface area contributed by atoms with E-state index in [1.807, 2.05) is 6.92 Å². The number of hydrogen-bond donors (Lipinski definition) is 3. The van der Waals surface area contributed by atoms with Gasteiger partial charge in [-0.25, -0.2) is 0 Å². The Bertz CT molecular complexity index is 565. The van der Waals surface area contributed by atoms with Crippen LogP contribution in [0.5, 0.6) is 0 Å². The molecule has 142 valence electrons. The molecule has 1 unspecified atom stereocenters. The van der Waals surface area contributed by atoms with Crippen LogP contribution in [0.15, 0.2) is 23.2 Å². The van der Waals surface area contributed by atoms with Crippen molar-refractivity contribution in [3.63, 3.8) is 0 Å². The molecule has 0 aliphatic heterocycles. The van der Waals surface area contributed by atoms with Gasteiger partial charge in [-0.05, 0) is 30.7 Å². The molecule has 6 nitrogen and oxygen atoms in total. The third kappa shape index (κ3) is 9.48. The molecule has 25 heavy (non-hydrogen) atoms. The van der Waals surface area contributed by atoms with Gasteiger partial charge in [0.2, 0.25) is 5.91 Å². The van der Waals surface area contributed by atoms with Crippen molar-refractivity contribution in [2.24, 2.45) is 4.99 Å². The average Bonchev–Trinajstić information content (AvgIpc) is 2.51. The number of amides is 1. The van der Waals surface area contributed by atoms with E-state index in [1.54, 1.807) is 37.2 Å². The van der Waals surface area contributed by atoms with Gasteiger partial charge in [0, 0.05) is 43.7 Å². The molecule has 1 aromatic carbocycles. The largest absolute Gasteiger partial charge is 0.386 e. The fourth-order valence-electron chi connectivity index (χ4n) is 1.90.